The maximum atomic E-state index is 13.9. The second-order valence-electron chi connectivity index (χ2n) is 7.98. The minimum atomic E-state index is -2.64. The van der Waals surface area contributed by atoms with Crippen LogP contribution in [-0.4, -0.2) is 21.0 Å². The molecule has 1 atom stereocenters. The van der Waals surface area contributed by atoms with Crippen LogP contribution < -0.4 is 10.9 Å². The van der Waals surface area contributed by atoms with E-state index in [-0.39, 0.29) is 18.9 Å². The number of para-hydroxylation sites is 1. The molecule has 1 aliphatic rings. The molecule has 0 spiro atoms. The summed E-state index contributed by atoms with van der Waals surface area (Å²) in [5.41, 5.74) is -0.475. The lowest BCUT2D eigenvalue weighted by atomic mass is 10.1. The lowest BCUT2D eigenvalue weighted by molar-refractivity contribution is 0.0654. The molecular weight excluding hydrogens is 409 g/mol. The van der Waals surface area contributed by atoms with E-state index < -0.39 is 23.3 Å². The fraction of sp³-hybridized carbons (Fsp3) is 0.318. The zero-order valence-corrected chi connectivity index (χ0v) is 16.8. The molecule has 1 N–H and O–H groups in total. The van der Waals surface area contributed by atoms with Gasteiger partial charge in [0, 0.05) is 17.8 Å². The lowest BCUT2D eigenvalue weighted by Crippen LogP contribution is -2.35. The number of furan rings is 1. The third-order valence-corrected chi connectivity index (χ3v) is 5.89. The van der Waals surface area contributed by atoms with Crippen molar-refractivity contribution in [2.24, 2.45) is 0 Å². The van der Waals surface area contributed by atoms with Crippen molar-refractivity contribution in [2.75, 3.05) is 5.32 Å². The molecule has 3 aromatic heterocycles. The van der Waals surface area contributed by atoms with Gasteiger partial charge in [-0.3, -0.25) is 4.79 Å². The number of nitrogens with one attached hydrogen (secondary N) is 1. The third-order valence-electron chi connectivity index (χ3n) is 5.89. The van der Waals surface area contributed by atoms with E-state index in [0.29, 0.717) is 39.1 Å². The fourth-order valence-electron chi connectivity index (χ4n) is 4.04. The second-order valence-corrected chi connectivity index (χ2v) is 7.98. The fourth-order valence-corrected chi connectivity index (χ4v) is 4.04. The standard InChI is InChI=1S/C22H19F3N4O2/c1-11(13-4-3-5-14-16(23)10-31-19(13)14)26-20-15-9-29(22(6-7-22)21(24)25)18(30)8-17(15)27-12(2)28-20/h3-5,8-11,21H,6-7H2,1-2H3,(H,26,27,28). The first-order valence-corrected chi connectivity index (χ1v) is 9.92. The van der Waals surface area contributed by atoms with Gasteiger partial charge in [-0.1, -0.05) is 12.1 Å². The van der Waals surface area contributed by atoms with E-state index in [1.165, 1.54) is 12.3 Å². The van der Waals surface area contributed by atoms with Gasteiger partial charge in [-0.05, 0) is 32.8 Å². The van der Waals surface area contributed by atoms with Gasteiger partial charge in [0.25, 0.3) is 12.0 Å². The molecule has 0 aliphatic heterocycles. The zero-order valence-electron chi connectivity index (χ0n) is 16.8. The van der Waals surface area contributed by atoms with E-state index >= 15 is 0 Å². The molecular formula is C22H19F3N4O2. The highest BCUT2D eigenvalue weighted by atomic mass is 19.3. The largest absolute Gasteiger partial charge is 0.461 e. The molecule has 0 bridgehead atoms. The summed E-state index contributed by atoms with van der Waals surface area (Å²) < 4.78 is 47.7. The Morgan fingerprint density at radius 1 is 1.23 bits per heavy atom. The van der Waals surface area contributed by atoms with Gasteiger partial charge in [-0.15, -0.1) is 0 Å². The number of nitrogens with zero attached hydrogens (tertiary/aromatic N) is 3. The average molecular weight is 428 g/mol. The quantitative estimate of drug-likeness (QED) is 0.489. The number of alkyl halides is 2. The van der Waals surface area contributed by atoms with E-state index in [2.05, 4.69) is 15.3 Å². The van der Waals surface area contributed by atoms with E-state index in [9.17, 15) is 18.0 Å². The molecule has 3 heterocycles. The van der Waals surface area contributed by atoms with Crippen molar-refractivity contribution in [3.63, 3.8) is 0 Å². The minimum absolute atomic E-state index is 0.244. The summed E-state index contributed by atoms with van der Waals surface area (Å²) in [6.45, 7) is 3.54. The Kier molecular flexibility index (Phi) is 4.32. The molecule has 1 aliphatic carbocycles. The van der Waals surface area contributed by atoms with Crippen LogP contribution in [0.5, 0.6) is 0 Å². The summed E-state index contributed by atoms with van der Waals surface area (Å²) in [6, 6.07) is 6.09. The Bertz CT molecular complexity index is 1370. The van der Waals surface area contributed by atoms with Gasteiger partial charge in [0.15, 0.2) is 5.82 Å². The first-order chi connectivity index (χ1) is 14.8. The van der Waals surface area contributed by atoms with Crippen molar-refractivity contribution in [1.29, 1.82) is 0 Å². The number of halogens is 3. The number of benzene rings is 1. The van der Waals surface area contributed by atoms with E-state index in [0.717, 1.165) is 10.8 Å². The first kappa shape index (κ1) is 19.6. The smallest absolute Gasteiger partial charge is 0.261 e. The normalized spacial score (nSPS) is 16.2. The van der Waals surface area contributed by atoms with Crippen molar-refractivity contribution in [3.8, 4) is 0 Å². The van der Waals surface area contributed by atoms with Crippen LogP contribution in [0.3, 0.4) is 0 Å². The third kappa shape index (κ3) is 3.07. The van der Waals surface area contributed by atoms with Crippen molar-refractivity contribution in [1.82, 2.24) is 14.5 Å². The molecule has 1 fully saturated rings. The summed E-state index contributed by atoms with van der Waals surface area (Å²) in [4.78, 5) is 21.3. The van der Waals surface area contributed by atoms with Crippen LogP contribution in [0, 0.1) is 12.7 Å². The minimum Gasteiger partial charge on any atom is -0.461 e. The SMILES string of the molecule is Cc1nc(NC(C)c2cccc3c(F)coc23)c2cn(C3(C(F)F)CC3)c(=O)cc2n1. The lowest BCUT2D eigenvalue weighted by Gasteiger charge is -2.20. The molecule has 1 saturated carbocycles. The van der Waals surface area contributed by atoms with Crippen molar-refractivity contribution in [2.45, 2.75) is 44.7 Å². The zero-order chi connectivity index (χ0) is 21.9. The number of pyridine rings is 1. The number of rotatable bonds is 5. The van der Waals surface area contributed by atoms with Crippen LogP contribution in [0.2, 0.25) is 0 Å². The van der Waals surface area contributed by atoms with Gasteiger partial charge in [0.2, 0.25) is 0 Å². The molecule has 6 nitrogen and oxygen atoms in total. The monoisotopic (exact) mass is 428 g/mol. The topological polar surface area (TPSA) is 73.0 Å². The highest BCUT2D eigenvalue weighted by molar-refractivity contribution is 5.89. The summed E-state index contributed by atoms with van der Waals surface area (Å²) in [7, 11) is 0. The van der Waals surface area contributed by atoms with Crippen LogP contribution in [0.15, 0.2) is 45.9 Å². The van der Waals surface area contributed by atoms with Gasteiger partial charge in [-0.2, -0.15) is 0 Å². The van der Waals surface area contributed by atoms with E-state index in [4.69, 9.17) is 4.42 Å². The number of fused-ring (bicyclic) bond motifs is 2. The number of hydrogen-bond donors (Lipinski definition) is 1. The number of anilines is 1. The van der Waals surface area contributed by atoms with Crippen LogP contribution >= 0.6 is 0 Å². The highest BCUT2D eigenvalue weighted by Crippen LogP contribution is 2.48. The Labute approximate surface area is 174 Å². The summed E-state index contributed by atoms with van der Waals surface area (Å²) in [6.07, 6.45) is 0.319. The molecule has 5 rings (SSSR count). The van der Waals surface area contributed by atoms with Crippen LogP contribution in [-0.2, 0) is 5.54 Å². The summed E-state index contributed by atoms with van der Waals surface area (Å²) in [5, 5.41) is 4.09. The van der Waals surface area contributed by atoms with Crippen molar-refractivity contribution >= 4 is 27.7 Å². The van der Waals surface area contributed by atoms with Gasteiger partial charge >= 0.3 is 0 Å². The highest BCUT2D eigenvalue weighted by Gasteiger charge is 2.53. The molecule has 160 valence electrons. The van der Waals surface area contributed by atoms with Gasteiger partial charge < -0.3 is 14.3 Å². The van der Waals surface area contributed by atoms with Crippen molar-refractivity contribution in [3.05, 3.63) is 64.3 Å². The maximum Gasteiger partial charge on any atom is 0.261 e. The molecule has 4 aromatic rings. The molecule has 0 amide bonds. The van der Waals surface area contributed by atoms with Crippen LogP contribution in [0.1, 0.15) is 37.2 Å². The van der Waals surface area contributed by atoms with E-state index in [1.54, 1.807) is 19.1 Å². The average Bonchev–Trinajstić information content (AvgIpc) is 3.45. The second kappa shape index (κ2) is 6.83. The molecule has 0 radical (unpaired) electrons. The van der Waals surface area contributed by atoms with Crippen molar-refractivity contribution < 1.29 is 17.6 Å². The van der Waals surface area contributed by atoms with Crippen LogP contribution in [0.4, 0.5) is 19.0 Å². The van der Waals surface area contributed by atoms with Gasteiger partial charge in [-0.25, -0.2) is 23.1 Å². The van der Waals surface area contributed by atoms with Gasteiger partial charge in [0.1, 0.15) is 29.0 Å². The molecule has 1 unspecified atom stereocenters. The predicted molar refractivity (Wildman–Crippen MR) is 110 cm³/mol. The molecule has 0 saturated heterocycles. The molecule has 31 heavy (non-hydrogen) atoms. The van der Waals surface area contributed by atoms with E-state index in [1.807, 2.05) is 13.0 Å². The number of aromatic nitrogens is 3. The molecule has 9 heteroatoms. The maximum absolute atomic E-state index is 13.9. The Morgan fingerprint density at radius 2 is 2.00 bits per heavy atom. The predicted octanol–water partition coefficient (Wildman–Crippen LogP) is 4.91. The molecule has 1 aromatic carbocycles. The Morgan fingerprint density at radius 3 is 2.71 bits per heavy atom. The van der Waals surface area contributed by atoms with Gasteiger partial charge in [0.05, 0.1) is 22.3 Å². The number of aryl methyl sites for hydroxylation is 1. The van der Waals surface area contributed by atoms with Crippen LogP contribution in [0.25, 0.3) is 21.9 Å². The Balaban J connectivity index is 1.61. The first-order valence-electron chi connectivity index (χ1n) is 9.92. The summed E-state index contributed by atoms with van der Waals surface area (Å²) in [5.74, 6) is 0.382. The summed E-state index contributed by atoms with van der Waals surface area (Å²) >= 11 is 0. The number of hydrogen-bond acceptors (Lipinski definition) is 5. The Hall–Kier alpha value is -3.36.